The van der Waals surface area contributed by atoms with Crippen LogP contribution in [0.3, 0.4) is 0 Å². The Labute approximate surface area is 233 Å². The first-order valence-corrected chi connectivity index (χ1v) is 13.5. The molecule has 0 radical (unpaired) electrons. The summed E-state index contributed by atoms with van der Waals surface area (Å²) in [6.45, 7) is 5.08. The Morgan fingerprint density at radius 3 is 2.56 bits per heavy atom. The van der Waals surface area contributed by atoms with E-state index in [2.05, 4.69) is 41.3 Å². The van der Waals surface area contributed by atoms with Gasteiger partial charge in [-0.05, 0) is 77.9 Å². The SMILES string of the molecule is CC(=O)c1nn(CC(=O)N2[C@@H]3C[C@@H]3C[C@H]2C(=O)Nc2nc(Br)ccc2C)c2ccc(-c3cnc(C)nc3)cc12. The number of fused-ring (bicyclic) bond motifs is 2. The van der Waals surface area contributed by atoms with E-state index >= 15 is 0 Å². The zero-order chi connectivity index (χ0) is 27.4. The van der Waals surface area contributed by atoms with Gasteiger partial charge in [0.25, 0.3) is 0 Å². The van der Waals surface area contributed by atoms with Crippen LogP contribution in [0.15, 0.2) is 47.3 Å². The molecule has 1 aliphatic carbocycles. The summed E-state index contributed by atoms with van der Waals surface area (Å²) in [5, 5.41) is 8.08. The van der Waals surface area contributed by atoms with Crippen molar-refractivity contribution in [2.24, 2.45) is 5.92 Å². The minimum Gasteiger partial charge on any atom is -0.326 e. The summed E-state index contributed by atoms with van der Waals surface area (Å²) in [5.41, 5.74) is 3.48. The molecule has 0 unspecified atom stereocenters. The fourth-order valence-electron chi connectivity index (χ4n) is 5.37. The quantitative estimate of drug-likeness (QED) is 0.266. The summed E-state index contributed by atoms with van der Waals surface area (Å²) in [6.07, 6.45) is 4.99. The van der Waals surface area contributed by atoms with E-state index < -0.39 is 6.04 Å². The number of aryl methyl sites for hydroxylation is 2. The van der Waals surface area contributed by atoms with Crippen LogP contribution in [0.4, 0.5) is 5.82 Å². The second-order valence-corrected chi connectivity index (χ2v) is 11.0. The highest BCUT2D eigenvalue weighted by atomic mass is 79.9. The minimum absolute atomic E-state index is 0.0482. The average Bonchev–Trinajstić information content (AvgIpc) is 3.41. The molecular weight excluding hydrogens is 562 g/mol. The lowest BCUT2D eigenvalue weighted by Crippen LogP contribution is -2.47. The van der Waals surface area contributed by atoms with Crippen molar-refractivity contribution in [3.63, 3.8) is 0 Å². The van der Waals surface area contributed by atoms with Crippen molar-refractivity contribution in [2.45, 2.75) is 52.2 Å². The van der Waals surface area contributed by atoms with Crippen molar-refractivity contribution >= 4 is 50.2 Å². The zero-order valence-electron chi connectivity index (χ0n) is 21.7. The number of carbonyl (C=O) groups excluding carboxylic acids is 3. The molecule has 2 fully saturated rings. The van der Waals surface area contributed by atoms with E-state index in [0.717, 1.165) is 23.1 Å². The molecule has 4 aromatic rings. The summed E-state index contributed by atoms with van der Waals surface area (Å²) >= 11 is 3.34. The number of likely N-dealkylation sites (tertiary alicyclic amines) is 1. The van der Waals surface area contributed by atoms with E-state index in [1.54, 1.807) is 22.0 Å². The largest absolute Gasteiger partial charge is 0.326 e. The fourth-order valence-corrected chi connectivity index (χ4v) is 5.68. The molecule has 3 atom stereocenters. The Balaban J connectivity index is 1.27. The number of nitrogens with zero attached hydrogens (tertiary/aromatic N) is 6. The molecule has 0 bridgehead atoms. The number of benzene rings is 1. The van der Waals surface area contributed by atoms with Crippen molar-refractivity contribution in [3.8, 4) is 11.1 Å². The van der Waals surface area contributed by atoms with Crippen LogP contribution < -0.4 is 5.32 Å². The number of rotatable bonds is 6. The van der Waals surface area contributed by atoms with Gasteiger partial charge in [-0.2, -0.15) is 5.10 Å². The number of aromatic nitrogens is 5. The van der Waals surface area contributed by atoms with Crippen LogP contribution in [0.5, 0.6) is 0 Å². The highest BCUT2D eigenvalue weighted by molar-refractivity contribution is 9.10. The molecule has 3 aromatic heterocycles. The molecule has 2 aliphatic rings. The monoisotopic (exact) mass is 587 g/mol. The van der Waals surface area contributed by atoms with Crippen LogP contribution in [0.2, 0.25) is 0 Å². The third-order valence-corrected chi connectivity index (χ3v) is 7.92. The maximum Gasteiger partial charge on any atom is 0.248 e. The number of ketones is 1. The topological polar surface area (TPSA) is 123 Å². The van der Waals surface area contributed by atoms with Crippen molar-refractivity contribution in [1.82, 2.24) is 29.6 Å². The van der Waals surface area contributed by atoms with Crippen molar-refractivity contribution in [1.29, 1.82) is 0 Å². The molecule has 0 spiro atoms. The van der Waals surface area contributed by atoms with E-state index in [4.69, 9.17) is 0 Å². The number of piperidine rings is 1. The normalized spacial score (nSPS) is 19.7. The molecule has 1 saturated heterocycles. The van der Waals surface area contributed by atoms with Gasteiger partial charge in [-0.1, -0.05) is 12.1 Å². The number of amides is 2. The van der Waals surface area contributed by atoms with E-state index in [1.807, 2.05) is 44.2 Å². The second kappa shape index (κ2) is 9.64. The molecule has 1 aliphatic heterocycles. The van der Waals surface area contributed by atoms with Crippen LogP contribution in [0.25, 0.3) is 22.0 Å². The fraction of sp³-hybridized carbons (Fsp3) is 0.321. The summed E-state index contributed by atoms with van der Waals surface area (Å²) in [5.74, 6) is 0.828. The Kier molecular flexibility index (Phi) is 6.25. The first-order valence-electron chi connectivity index (χ1n) is 12.8. The predicted octanol–water partition coefficient (Wildman–Crippen LogP) is 4.10. The lowest BCUT2D eigenvalue weighted by molar-refractivity contribution is -0.138. The molecule has 1 saturated carbocycles. The number of halogens is 1. The van der Waals surface area contributed by atoms with Gasteiger partial charge in [-0.25, -0.2) is 15.0 Å². The molecule has 39 heavy (non-hydrogen) atoms. The number of hydrogen-bond acceptors (Lipinski definition) is 7. The average molecular weight is 588 g/mol. The maximum absolute atomic E-state index is 13.6. The number of nitrogens with one attached hydrogen (secondary N) is 1. The molecule has 1 aromatic carbocycles. The van der Waals surface area contributed by atoms with Crippen molar-refractivity contribution in [2.75, 3.05) is 5.32 Å². The van der Waals surface area contributed by atoms with Crippen LogP contribution in [-0.4, -0.2) is 59.3 Å². The van der Waals surface area contributed by atoms with E-state index in [9.17, 15) is 14.4 Å². The lowest BCUT2D eigenvalue weighted by Gasteiger charge is -2.27. The van der Waals surface area contributed by atoms with Crippen molar-refractivity contribution < 1.29 is 14.4 Å². The third kappa shape index (κ3) is 4.71. The summed E-state index contributed by atoms with van der Waals surface area (Å²) in [4.78, 5) is 54.0. The molecule has 6 rings (SSSR count). The summed E-state index contributed by atoms with van der Waals surface area (Å²) in [7, 11) is 0. The standard InChI is InChI=1S/C28H26BrN7O3/c1-14-4-7-24(29)32-27(14)33-28(39)23-10-18-9-22(18)36(23)25(38)13-35-21-6-5-17(19-11-30-16(3)31-12-19)8-20(21)26(34-35)15(2)37/h4-8,11-12,18,22-23H,9-10,13H2,1-3H3,(H,32,33,39)/t18-,22-,23+/m1/s1. The van der Waals surface area contributed by atoms with Crippen LogP contribution in [0.1, 0.15) is 41.6 Å². The molecule has 1 N–H and O–H groups in total. The van der Waals surface area contributed by atoms with Gasteiger partial charge in [0, 0.05) is 36.3 Å². The Morgan fingerprint density at radius 2 is 1.82 bits per heavy atom. The first kappa shape index (κ1) is 25.3. The molecule has 198 valence electrons. The highest BCUT2D eigenvalue weighted by Gasteiger charge is 2.56. The van der Waals surface area contributed by atoms with E-state index in [-0.39, 0.29) is 30.2 Å². The van der Waals surface area contributed by atoms with Gasteiger partial charge in [0.2, 0.25) is 11.8 Å². The van der Waals surface area contributed by atoms with E-state index in [1.165, 1.54) is 6.92 Å². The summed E-state index contributed by atoms with van der Waals surface area (Å²) < 4.78 is 2.18. The third-order valence-electron chi connectivity index (χ3n) is 7.48. The van der Waals surface area contributed by atoms with Crippen LogP contribution in [0, 0.1) is 19.8 Å². The lowest BCUT2D eigenvalue weighted by atomic mass is 10.0. The Hall–Kier alpha value is -3.99. The predicted molar refractivity (Wildman–Crippen MR) is 148 cm³/mol. The van der Waals surface area contributed by atoms with Gasteiger partial charge in [0.1, 0.15) is 34.5 Å². The Morgan fingerprint density at radius 1 is 1.05 bits per heavy atom. The first-order chi connectivity index (χ1) is 18.7. The van der Waals surface area contributed by atoms with E-state index in [0.29, 0.717) is 45.2 Å². The molecule has 4 heterocycles. The van der Waals surface area contributed by atoms with Gasteiger partial charge in [-0.3, -0.25) is 19.1 Å². The number of pyridine rings is 1. The number of hydrogen-bond donors (Lipinski definition) is 1. The van der Waals surface area contributed by atoms with Gasteiger partial charge in [-0.15, -0.1) is 0 Å². The molecule has 2 amide bonds. The van der Waals surface area contributed by atoms with Gasteiger partial charge < -0.3 is 10.2 Å². The minimum atomic E-state index is -0.580. The number of anilines is 1. The maximum atomic E-state index is 13.6. The molecule has 10 nitrogen and oxygen atoms in total. The molecule has 11 heteroatoms. The number of carbonyl (C=O) groups is 3. The zero-order valence-corrected chi connectivity index (χ0v) is 23.3. The van der Waals surface area contributed by atoms with Gasteiger partial charge in [0.15, 0.2) is 5.78 Å². The van der Waals surface area contributed by atoms with Gasteiger partial charge in [0.05, 0.1) is 5.52 Å². The Bertz CT molecular complexity index is 1650. The van der Waals surface area contributed by atoms with Crippen molar-refractivity contribution in [3.05, 3.63) is 64.4 Å². The van der Waals surface area contributed by atoms with Gasteiger partial charge >= 0.3 is 0 Å². The molecular formula is C28H26BrN7O3. The summed E-state index contributed by atoms with van der Waals surface area (Å²) in [6, 6.07) is 8.79. The second-order valence-electron chi connectivity index (χ2n) is 10.2. The smallest absolute Gasteiger partial charge is 0.248 e. The van der Waals surface area contributed by atoms with Crippen LogP contribution in [-0.2, 0) is 16.1 Å². The van der Waals surface area contributed by atoms with Crippen LogP contribution >= 0.6 is 15.9 Å². The highest BCUT2D eigenvalue weighted by Crippen LogP contribution is 2.48. The number of Topliss-reactive ketones (excluding diaryl/α,β-unsaturated/α-hetero) is 1.